The molecule has 0 aromatic carbocycles. The van der Waals surface area contributed by atoms with E-state index in [0.29, 0.717) is 16.3 Å². The molecule has 0 saturated carbocycles. The Hall–Kier alpha value is -0.470. The molecule has 4 heteroatoms. The number of pyridine rings is 1. The van der Waals surface area contributed by atoms with Crippen molar-refractivity contribution in [3.8, 4) is 0 Å². The van der Waals surface area contributed by atoms with E-state index in [1.807, 2.05) is 12.3 Å². The fraction of sp³-hybridized carbons (Fsp3) is 0.615. The Morgan fingerprint density at radius 1 is 1.47 bits per heavy atom. The molecule has 94 valence electrons. The second kappa shape index (κ2) is 5.03. The fourth-order valence-corrected chi connectivity index (χ4v) is 2.83. The number of alkyl halides is 1. The Morgan fingerprint density at radius 2 is 2.24 bits per heavy atom. The smallest absolute Gasteiger partial charge is 0.147 e. The molecule has 0 N–H and O–H groups in total. The molecule has 0 spiro atoms. The predicted octanol–water partition coefficient (Wildman–Crippen LogP) is 4.10. The van der Waals surface area contributed by atoms with Crippen molar-refractivity contribution in [2.75, 3.05) is 18.0 Å². The van der Waals surface area contributed by atoms with Gasteiger partial charge < -0.3 is 4.90 Å². The molecule has 1 saturated heterocycles. The molecule has 0 atom stereocenters. The standard InChI is InChI=1S/C13H18Cl2N2/c1-13(2)4-3-5-17(9-13)12-11(15)6-10(7-14)8-16-12/h6,8H,3-5,7,9H2,1-2H3. The Kier molecular flexibility index (Phi) is 3.84. The van der Waals surface area contributed by atoms with E-state index >= 15 is 0 Å². The van der Waals surface area contributed by atoms with Gasteiger partial charge in [0.1, 0.15) is 5.82 Å². The molecule has 0 unspecified atom stereocenters. The summed E-state index contributed by atoms with van der Waals surface area (Å²) in [6.07, 6.45) is 4.28. The number of hydrogen-bond donors (Lipinski definition) is 0. The largest absolute Gasteiger partial charge is 0.355 e. The quantitative estimate of drug-likeness (QED) is 0.754. The first-order valence-corrected chi connectivity index (χ1v) is 6.88. The van der Waals surface area contributed by atoms with Gasteiger partial charge in [-0.15, -0.1) is 11.6 Å². The third kappa shape index (κ3) is 3.05. The first kappa shape index (κ1) is 13.0. The minimum atomic E-state index is 0.342. The molecule has 2 rings (SSSR count). The van der Waals surface area contributed by atoms with Crippen LogP contribution >= 0.6 is 23.2 Å². The molecular weight excluding hydrogens is 255 g/mol. The van der Waals surface area contributed by atoms with Crippen LogP contribution in [0.4, 0.5) is 5.82 Å². The van der Waals surface area contributed by atoms with Crippen LogP contribution in [0.5, 0.6) is 0 Å². The highest BCUT2D eigenvalue weighted by molar-refractivity contribution is 6.33. The number of hydrogen-bond acceptors (Lipinski definition) is 2. The molecule has 0 bridgehead atoms. The Labute approximate surface area is 113 Å². The van der Waals surface area contributed by atoms with Crippen LogP contribution in [0.1, 0.15) is 32.3 Å². The summed E-state index contributed by atoms with van der Waals surface area (Å²) in [5, 5.41) is 0.709. The van der Waals surface area contributed by atoms with Gasteiger partial charge in [0, 0.05) is 25.2 Å². The molecule has 1 fully saturated rings. The zero-order chi connectivity index (χ0) is 12.5. The lowest BCUT2D eigenvalue weighted by Crippen LogP contribution is -2.40. The third-order valence-corrected chi connectivity index (χ3v) is 3.82. The van der Waals surface area contributed by atoms with E-state index in [1.54, 1.807) is 0 Å². The molecule has 1 aromatic rings. The van der Waals surface area contributed by atoms with Crippen molar-refractivity contribution in [3.05, 3.63) is 22.8 Å². The highest BCUT2D eigenvalue weighted by Crippen LogP contribution is 2.33. The normalized spacial score (nSPS) is 19.4. The van der Waals surface area contributed by atoms with Gasteiger partial charge in [0.15, 0.2) is 0 Å². The summed E-state index contributed by atoms with van der Waals surface area (Å²) < 4.78 is 0. The summed E-state index contributed by atoms with van der Waals surface area (Å²) in [6, 6.07) is 1.92. The summed E-state index contributed by atoms with van der Waals surface area (Å²) in [5.74, 6) is 1.35. The van der Waals surface area contributed by atoms with Gasteiger partial charge in [-0.25, -0.2) is 4.98 Å². The summed E-state index contributed by atoms with van der Waals surface area (Å²) in [7, 11) is 0. The number of halogens is 2. The van der Waals surface area contributed by atoms with E-state index in [4.69, 9.17) is 23.2 Å². The van der Waals surface area contributed by atoms with Gasteiger partial charge in [-0.3, -0.25) is 0 Å². The van der Waals surface area contributed by atoms with Crippen LogP contribution in [0.15, 0.2) is 12.3 Å². The van der Waals surface area contributed by atoms with Crippen molar-refractivity contribution >= 4 is 29.0 Å². The van der Waals surface area contributed by atoms with Gasteiger partial charge in [-0.2, -0.15) is 0 Å². The van der Waals surface area contributed by atoms with Crippen molar-refractivity contribution in [1.82, 2.24) is 4.98 Å². The summed E-state index contributed by atoms with van der Waals surface area (Å²) >= 11 is 12.0. The number of rotatable bonds is 2. The molecular formula is C13H18Cl2N2. The van der Waals surface area contributed by atoms with E-state index in [2.05, 4.69) is 23.7 Å². The molecule has 2 heterocycles. The second-order valence-electron chi connectivity index (χ2n) is 5.47. The molecule has 2 nitrogen and oxygen atoms in total. The van der Waals surface area contributed by atoms with Crippen molar-refractivity contribution in [2.45, 2.75) is 32.6 Å². The van der Waals surface area contributed by atoms with E-state index in [1.165, 1.54) is 12.8 Å². The first-order valence-electron chi connectivity index (χ1n) is 5.97. The first-order chi connectivity index (χ1) is 8.02. The molecule has 1 aliphatic heterocycles. The lowest BCUT2D eigenvalue weighted by molar-refractivity contribution is 0.292. The summed E-state index contributed by atoms with van der Waals surface area (Å²) in [5.41, 5.74) is 1.31. The van der Waals surface area contributed by atoms with Crippen molar-refractivity contribution in [1.29, 1.82) is 0 Å². The number of anilines is 1. The zero-order valence-corrected chi connectivity index (χ0v) is 11.9. The van der Waals surface area contributed by atoms with Crippen LogP contribution in [0.3, 0.4) is 0 Å². The maximum absolute atomic E-state index is 6.27. The molecule has 0 radical (unpaired) electrons. The van der Waals surface area contributed by atoms with Crippen molar-refractivity contribution < 1.29 is 0 Å². The van der Waals surface area contributed by atoms with E-state index < -0.39 is 0 Å². The van der Waals surface area contributed by atoms with Gasteiger partial charge >= 0.3 is 0 Å². The molecule has 1 aliphatic rings. The lowest BCUT2D eigenvalue weighted by atomic mass is 9.84. The van der Waals surface area contributed by atoms with Crippen LogP contribution in [0.2, 0.25) is 5.02 Å². The van der Waals surface area contributed by atoms with Gasteiger partial charge in [0.2, 0.25) is 0 Å². The van der Waals surface area contributed by atoms with E-state index in [0.717, 1.165) is 24.5 Å². The maximum atomic E-state index is 6.27. The van der Waals surface area contributed by atoms with Gasteiger partial charge in [0.25, 0.3) is 0 Å². The molecule has 0 aliphatic carbocycles. The van der Waals surface area contributed by atoms with Gasteiger partial charge in [0.05, 0.1) is 5.02 Å². The average Bonchev–Trinajstić information content (AvgIpc) is 2.27. The Morgan fingerprint density at radius 3 is 2.82 bits per heavy atom. The van der Waals surface area contributed by atoms with Gasteiger partial charge in [-0.1, -0.05) is 25.4 Å². The highest BCUT2D eigenvalue weighted by Gasteiger charge is 2.27. The minimum absolute atomic E-state index is 0.342. The second-order valence-corrected chi connectivity index (χ2v) is 6.15. The van der Waals surface area contributed by atoms with Crippen LogP contribution in [0, 0.1) is 5.41 Å². The molecule has 1 aromatic heterocycles. The van der Waals surface area contributed by atoms with Gasteiger partial charge in [-0.05, 0) is 29.9 Å². The zero-order valence-electron chi connectivity index (χ0n) is 10.3. The van der Waals surface area contributed by atoms with Crippen molar-refractivity contribution in [2.24, 2.45) is 5.41 Å². The van der Waals surface area contributed by atoms with E-state index in [9.17, 15) is 0 Å². The topological polar surface area (TPSA) is 16.1 Å². The van der Waals surface area contributed by atoms with Crippen molar-refractivity contribution in [3.63, 3.8) is 0 Å². The average molecular weight is 273 g/mol. The number of nitrogens with zero attached hydrogens (tertiary/aromatic N) is 2. The Bertz CT molecular complexity index is 404. The van der Waals surface area contributed by atoms with Crippen LogP contribution in [0.25, 0.3) is 0 Å². The van der Waals surface area contributed by atoms with Crippen LogP contribution < -0.4 is 4.90 Å². The highest BCUT2D eigenvalue weighted by atomic mass is 35.5. The summed E-state index contributed by atoms with van der Waals surface area (Å²) in [4.78, 5) is 6.73. The molecule has 0 amide bonds. The minimum Gasteiger partial charge on any atom is -0.355 e. The van der Waals surface area contributed by atoms with Crippen LogP contribution in [-0.4, -0.2) is 18.1 Å². The third-order valence-electron chi connectivity index (χ3n) is 3.23. The maximum Gasteiger partial charge on any atom is 0.147 e. The van der Waals surface area contributed by atoms with E-state index in [-0.39, 0.29) is 0 Å². The monoisotopic (exact) mass is 272 g/mol. The summed E-state index contributed by atoms with van der Waals surface area (Å²) in [6.45, 7) is 6.64. The lowest BCUT2D eigenvalue weighted by Gasteiger charge is -2.39. The number of piperidine rings is 1. The predicted molar refractivity (Wildman–Crippen MR) is 74.0 cm³/mol. The Balaban J connectivity index is 2.22. The SMILES string of the molecule is CC1(C)CCCN(c2ncc(CCl)cc2Cl)C1. The molecule has 17 heavy (non-hydrogen) atoms. The van der Waals surface area contributed by atoms with Crippen LogP contribution in [-0.2, 0) is 5.88 Å². The number of aromatic nitrogens is 1. The fourth-order valence-electron chi connectivity index (χ4n) is 2.38.